The fourth-order valence-corrected chi connectivity index (χ4v) is 2.43. The van der Waals surface area contributed by atoms with Gasteiger partial charge in [0.05, 0.1) is 16.3 Å². The molecule has 0 aliphatic carbocycles. The molecule has 6 heteroatoms. The lowest BCUT2D eigenvalue weighted by molar-refractivity contribution is -0.123. The second-order valence-electron chi connectivity index (χ2n) is 5.46. The fourth-order valence-electron chi connectivity index (χ4n) is 1.98. The van der Waals surface area contributed by atoms with Gasteiger partial charge in [-0.05, 0) is 62.2 Å². The fraction of sp³-hybridized carbons (Fsp3) is 0.222. The van der Waals surface area contributed by atoms with E-state index in [2.05, 4.69) is 5.32 Å². The highest BCUT2D eigenvalue weighted by Gasteiger charge is 2.20. The van der Waals surface area contributed by atoms with Crippen molar-refractivity contribution in [2.24, 2.45) is 0 Å². The molecule has 0 aromatic heterocycles. The molecule has 0 radical (unpaired) electrons. The molecule has 0 saturated carbocycles. The Bertz CT molecular complexity index is 790. The maximum atomic E-state index is 12.2. The third-order valence-electron chi connectivity index (χ3n) is 3.58. The van der Waals surface area contributed by atoms with E-state index in [1.165, 1.54) is 13.0 Å². The summed E-state index contributed by atoms with van der Waals surface area (Å²) in [5.74, 6) is -1.03. The highest BCUT2D eigenvalue weighted by atomic mass is 35.5. The number of rotatable bonds is 4. The zero-order valence-corrected chi connectivity index (χ0v) is 15.0. The first-order valence-electron chi connectivity index (χ1n) is 7.32. The smallest absolute Gasteiger partial charge is 0.338 e. The minimum Gasteiger partial charge on any atom is -0.449 e. The second-order valence-corrected chi connectivity index (χ2v) is 6.30. The standard InChI is InChI=1S/C18H17Cl2NO3/c1-10-4-5-13(8-11(10)2)18(23)24-12(3)17(22)21-16-7-6-14(19)9-15(16)20/h4-9,12H,1-3H3,(H,21,22)/t12-/m1/s1. The van der Waals surface area contributed by atoms with E-state index in [4.69, 9.17) is 27.9 Å². The molecule has 2 rings (SSSR count). The number of halogens is 2. The van der Waals surface area contributed by atoms with Crippen LogP contribution in [0.4, 0.5) is 5.69 Å². The molecule has 2 aromatic carbocycles. The quantitative estimate of drug-likeness (QED) is 0.792. The minimum absolute atomic E-state index is 0.309. The van der Waals surface area contributed by atoms with Gasteiger partial charge in [0, 0.05) is 5.02 Å². The molecule has 1 atom stereocenters. The van der Waals surface area contributed by atoms with Gasteiger partial charge in [0.1, 0.15) is 0 Å². The first-order chi connectivity index (χ1) is 11.3. The average molecular weight is 366 g/mol. The highest BCUT2D eigenvalue weighted by molar-refractivity contribution is 6.36. The van der Waals surface area contributed by atoms with E-state index in [0.29, 0.717) is 21.3 Å². The Kier molecular flexibility index (Phi) is 5.86. The predicted molar refractivity (Wildman–Crippen MR) is 95.9 cm³/mol. The molecule has 0 saturated heterocycles. The summed E-state index contributed by atoms with van der Waals surface area (Å²) < 4.78 is 5.21. The number of ether oxygens (including phenoxy) is 1. The van der Waals surface area contributed by atoms with Crippen LogP contribution in [-0.4, -0.2) is 18.0 Å². The van der Waals surface area contributed by atoms with Crippen LogP contribution in [0.1, 0.15) is 28.4 Å². The van der Waals surface area contributed by atoms with Gasteiger partial charge < -0.3 is 10.1 Å². The number of esters is 1. The Balaban J connectivity index is 2.02. The third-order valence-corrected chi connectivity index (χ3v) is 4.13. The van der Waals surface area contributed by atoms with Crippen LogP contribution in [-0.2, 0) is 9.53 Å². The van der Waals surface area contributed by atoms with Crippen LogP contribution in [0, 0.1) is 13.8 Å². The largest absolute Gasteiger partial charge is 0.449 e. The van der Waals surface area contributed by atoms with E-state index >= 15 is 0 Å². The van der Waals surface area contributed by atoms with E-state index in [-0.39, 0.29) is 0 Å². The lowest BCUT2D eigenvalue weighted by Crippen LogP contribution is -2.30. The van der Waals surface area contributed by atoms with Gasteiger partial charge in [-0.3, -0.25) is 4.79 Å². The summed E-state index contributed by atoms with van der Waals surface area (Å²) in [6, 6.07) is 9.95. The molecule has 126 valence electrons. The lowest BCUT2D eigenvalue weighted by atomic mass is 10.1. The Hall–Kier alpha value is -2.04. The summed E-state index contributed by atoms with van der Waals surface area (Å²) in [7, 11) is 0. The van der Waals surface area contributed by atoms with Crippen molar-refractivity contribution in [3.63, 3.8) is 0 Å². The van der Waals surface area contributed by atoms with Crippen molar-refractivity contribution in [1.82, 2.24) is 0 Å². The molecule has 0 heterocycles. The number of hydrogen-bond acceptors (Lipinski definition) is 3. The van der Waals surface area contributed by atoms with E-state index in [1.807, 2.05) is 19.9 Å². The first-order valence-corrected chi connectivity index (χ1v) is 8.07. The van der Waals surface area contributed by atoms with Gasteiger partial charge in [-0.2, -0.15) is 0 Å². The van der Waals surface area contributed by atoms with E-state index < -0.39 is 18.0 Å². The molecular formula is C18H17Cl2NO3. The zero-order valence-electron chi connectivity index (χ0n) is 13.5. The topological polar surface area (TPSA) is 55.4 Å². The molecule has 0 fully saturated rings. The summed E-state index contributed by atoms with van der Waals surface area (Å²) in [5.41, 5.74) is 2.87. The van der Waals surface area contributed by atoms with E-state index in [0.717, 1.165) is 11.1 Å². The molecule has 1 N–H and O–H groups in total. The van der Waals surface area contributed by atoms with Gasteiger partial charge >= 0.3 is 5.97 Å². The SMILES string of the molecule is Cc1ccc(C(=O)O[C@H](C)C(=O)Nc2ccc(Cl)cc2Cl)cc1C. The maximum Gasteiger partial charge on any atom is 0.338 e. The molecule has 0 bridgehead atoms. The van der Waals surface area contributed by atoms with E-state index in [9.17, 15) is 9.59 Å². The van der Waals surface area contributed by atoms with Crippen molar-refractivity contribution in [1.29, 1.82) is 0 Å². The number of carbonyl (C=O) groups is 2. The summed E-state index contributed by atoms with van der Waals surface area (Å²) in [4.78, 5) is 24.3. The number of carbonyl (C=O) groups excluding carboxylic acids is 2. The van der Waals surface area contributed by atoms with Crippen molar-refractivity contribution in [2.75, 3.05) is 5.32 Å². The number of aryl methyl sites for hydroxylation is 2. The number of nitrogens with one attached hydrogen (secondary N) is 1. The Morgan fingerprint density at radius 1 is 1.04 bits per heavy atom. The number of benzene rings is 2. The molecule has 1 amide bonds. The van der Waals surface area contributed by atoms with Crippen molar-refractivity contribution in [2.45, 2.75) is 26.9 Å². The van der Waals surface area contributed by atoms with Crippen LogP contribution in [0.5, 0.6) is 0 Å². The second kappa shape index (κ2) is 7.69. The third kappa shape index (κ3) is 4.49. The summed E-state index contributed by atoms with van der Waals surface area (Å²) in [6.07, 6.45) is -0.967. The first kappa shape index (κ1) is 18.3. The van der Waals surface area contributed by atoms with Gasteiger partial charge in [0.15, 0.2) is 6.10 Å². The molecular weight excluding hydrogens is 349 g/mol. The lowest BCUT2D eigenvalue weighted by Gasteiger charge is -2.14. The van der Waals surface area contributed by atoms with Crippen molar-refractivity contribution >= 4 is 40.8 Å². The molecule has 0 aliphatic heterocycles. The molecule has 0 spiro atoms. The normalized spacial score (nSPS) is 11.7. The van der Waals surface area contributed by atoms with Crippen LogP contribution in [0.3, 0.4) is 0 Å². The summed E-state index contributed by atoms with van der Waals surface area (Å²) in [6.45, 7) is 5.36. The average Bonchev–Trinajstić information content (AvgIpc) is 2.52. The number of anilines is 1. The van der Waals surface area contributed by atoms with Crippen molar-refractivity contribution < 1.29 is 14.3 Å². The molecule has 24 heavy (non-hydrogen) atoms. The highest BCUT2D eigenvalue weighted by Crippen LogP contribution is 2.25. The van der Waals surface area contributed by atoms with Crippen LogP contribution in [0.2, 0.25) is 10.0 Å². The Morgan fingerprint density at radius 3 is 2.38 bits per heavy atom. The molecule has 0 aliphatic rings. The van der Waals surface area contributed by atoms with Gasteiger partial charge in [0.25, 0.3) is 5.91 Å². The van der Waals surface area contributed by atoms with Crippen LogP contribution in [0.15, 0.2) is 36.4 Å². The molecule has 4 nitrogen and oxygen atoms in total. The Labute approximate surface area is 150 Å². The van der Waals surface area contributed by atoms with Crippen LogP contribution in [0.25, 0.3) is 0 Å². The maximum absolute atomic E-state index is 12.2. The zero-order chi connectivity index (χ0) is 17.9. The number of amides is 1. The summed E-state index contributed by atoms with van der Waals surface area (Å²) in [5, 5.41) is 3.38. The van der Waals surface area contributed by atoms with Crippen molar-refractivity contribution in [3.8, 4) is 0 Å². The van der Waals surface area contributed by atoms with Crippen LogP contribution < -0.4 is 5.32 Å². The summed E-state index contributed by atoms with van der Waals surface area (Å²) >= 11 is 11.8. The van der Waals surface area contributed by atoms with Gasteiger partial charge in [-0.25, -0.2) is 4.79 Å². The van der Waals surface area contributed by atoms with Gasteiger partial charge in [-0.1, -0.05) is 29.3 Å². The van der Waals surface area contributed by atoms with Gasteiger partial charge in [-0.15, -0.1) is 0 Å². The minimum atomic E-state index is -0.967. The van der Waals surface area contributed by atoms with Gasteiger partial charge in [0.2, 0.25) is 0 Å². The molecule has 0 unspecified atom stereocenters. The number of hydrogen-bond donors (Lipinski definition) is 1. The monoisotopic (exact) mass is 365 g/mol. The molecule has 2 aromatic rings. The Morgan fingerprint density at radius 2 is 1.75 bits per heavy atom. The van der Waals surface area contributed by atoms with Crippen LogP contribution >= 0.6 is 23.2 Å². The van der Waals surface area contributed by atoms with E-state index in [1.54, 1.807) is 24.3 Å². The predicted octanol–water partition coefficient (Wildman–Crippen LogP) is 4.79. The van der Waals surface area contributed by atoms with Crippen molar-refractivity contribution in [3.05, 3.63) is 63.1 Å².